The van der Waals surface area contributed by atoms with Crippen molar-refractivity contribution in [2.45, 2.75) is 44.4 Å². The van der Waals surface area contributed by atoms with Crippen molar-refractivity contribution in [2.75, 3.05) is 12.3 Å². The highest BCUT2D eigenvalue weighted by Gasteiger charge is 2.48. The van der Waals surface area contributed by atoms with Crippen LogP contribution < -0.4 is 11.3 Å². The van der Waals surface area contributed by atoms with E-state index in [0.717, 1.165) is 16.7 Å². The van der Waals surface area contributed by atoms with Gasteiger partial charge in [-0.15, -0.1) is 0 Å². The number of imidazole rings is 1. The molecule has 1 aliphatic heterocycles. The third-order valence-corrected chi connectivity index (χ3v) is 7.11. The predicted octanol–water partition coefficient (Wildman–Crippen LogP) is 4.59. The smallest absolute Gasteiger partial charge is 0.275 e. The third kappa shape index (κ3) is 6.23. The van der Waals surface area contributed by atoms with Crippen molar-refractivity contribution in [1.29, 1.82) is 0 Å². The standard InChI is InChI=1S/C32H32N4O5/c33-27-16-25-28(31(37)35-27)36(21-34-25)32-30(40-19-24-14-8-3-9-15-24)29(39-18-23-12-6-2-7-13-23)26(41-32)20-38-17-22-10-4-1-5-11-22/h1-16,21,26,29-30,32H,17-20H2,(H3,33,35,37)/t26-,29-,30+,32-/m1/s1. The summed E-state index contributed by atoms with van der Waals surface area (Å²) in [6.45, 7) is 1.40. The summed E-state index contributed by atoms with van der Waals surface area (Å²) in [5.74, 6) is 0.244. The normalized spacial score (nSPS) is 20.5. The van der Waals surface area contributed by atoms with Gasteiger partial charge in [0.15, 0.2) is 6.23 Å². The zero-order valence-electron chi connectivity index (χ0n) is 22.5. The molecule has 41 heavy (non-hydrogen) atoms. The second kappa shape index (κ2) is 12.5. The Morgan fingerprint density at radius 3 is 1.98 bits per heavy atom. The number of nitrogen functional groups attached to an aromatic ring is 1. The average molecular weight is 553 g/mol. The van der Waals surface area contributed by atoms with Crippen molar-refractivity contribution in [3.63, 3.8) is 0 Å². The van der Waals surface area contributed by atoms with Crippen LogP contribution in [0.2, 0.25) is 0 Å². The molecule has 0 saturated carbocycles. The number of nitrogens with one attached hydrogen (secondary N) is 1. The van der Waals surface area contributed by atoms with Crippen molar-refractivity contribution in [2.24, 2.45) is 0 Å². The predicted molar refractivity (Wildman–Crippen MR) is 155 cm³/mol. The monoisotopic (exact) mass is 552 g/mol. The molecule has 0 spiro atoms. The van der Waals surface area contributed by atoms with Gasteiger partial charge in [0.05, 0.1) is 38.3 Å². The van der Waals surface area contributed by atoms with Crippen LogP contribution in [0.15, 0.2) is 108 Å². The van der Waals surface area contributed by atoms with Crippen molar-refractivity contribution in [3.8, 4) is 0 Å². The van der Waals surface area contributed by atoms with Crippen LogP contribution in [-0.2, 0) is 38.8 Å². The summed E-state index contributed by atoms with van der Waals surface area (Å²) < 4.78 is 27.5. The van der Waals surface area contributed by atoms with E-state index in [2.05, 4.69) is 9.97 Å². The van der Waals surface area contributed by atoms with Gasteiger partial charge in [-0.25, -0.2) is 4.98 Å². The number of nitrogens with two attached hydrogens (primary N) is 1. The fraction of sp³-hybridized carbons (Fsp3) is 0.250. The number of rotatable bonds is 11. The van der Waals surface area contributed by atoms with Gasteiger partial charge in [0.25, 0.3) is 5.56 Å². The Bertz CT molecular complexity index is 1610. The molecule has 0 aliphatic carbocycles. The van der Waals surface area contributed by atoms with Crippen molar-refractivity contribution >= 4 is 16.9 Å². The number of hydrogen-bond donors (Lipinski definition) is 2. The van der Waals surface area contributed by atoms with E-state index in [-0.39, 0.29) is 18.0 Å². The van der Waals surface area contributed by atoms with Crippen LogP contribution in [0.1, 0.15) is 22.9 Å². The highest BCUT2D eigenvalue weighted by Crippen LogP contribution is 2.36. The molecular formula is C32H32N4O5. The Kier molecular flexibility index (Phi) is 8.20. The molecule has 0 unspecified atom stereocenters. The maximum Gasteiger partial charge on any atom is 0.275 e. The maximum atomic E-state index is 13.0. The molecule has 1 aliphatic rings. The largest absolute Gasteiger partial charge is 0.385 e. The zero-order valence-corrected chi connectivity index (χ0v) is 22.5. The molecule has 9 heteroatoms. The second-order valence-corrected chi connectivity index (χ2v) is 10.0. The Labute approximate surface area is 237 Å². The second-order valence-electron chi connectivity index (χ2n) is 10.0. The molecule has 0 radical (unpaired) electrons. The van der Waals surface area contributed by atoms with Gasteiger partial charge in [0, 0.05) is 6.07 Å². The molecule has 3 N–H and O–H groups in total. The Hall–Kier alpha value is -4.28. The molecule has 0 amide bonds. The quantitative estimate of drug-likeness (QED) is 0.246. The van der Waals surface area contributed by atoms with Gasteiger partial charge < -0.3 is 29.7 Å². The first-order chi connectivity index (χ1) is 20.2. The van der Waals surface area contributed by atoms with E-state index in [0.29, 0.717) is 30.9 Å². The summed E-state index contributed by atoms with van der Waals surface area (Å²) >= 11 is 0. The van der Waals surface area contributed by atoms with Gasteiger partial charge >= 0.3 is 0 Å². The minimum absolute atomic E-state index is 0.244. The number of ether oxygens (including phenoxy) is 4. The molecule has 1 fully saturated rings. The molecule has 3 heterocycles. The van der Waals surface area contributed by atoms with Crippen LogP contribution in [0.5, 0.6) is 0 Å². The number of aromatic nitrogens is 3. The lowest BCUT2D eigenvalue weighted by Crippen LogP contribution is -2.38. The van der Waals surface area contributed by atoms with Gasteiger partial charge in [0.2, 0.25) is 0 Å². The van der Waals surface area contributed by atoms with Gasteiger partial charge in [-0.2, -0.15) is 0 Å². The van der Waals surface area contributed by atoms with E-state index < -0.39 is 24.5 Å². The van der Waals surface area contributed by atoms with Gasteiger partial charge in [0.1, 0.15) is 29.6 Å². The molecule has 4 atom stereocenters. The number of benzene rings is 3. The Balaban J connectivity index is 1.32. The van der Waals surface area contributed by atoms with E-state index in [1.165, 1.54) is 0 Å². The Morgan fingerprint density at radius 2 is 1.37 bits per heavy atom. The summed E-state index contributed by atoms with van der Waals surface area (Å²) in [5.41, 5.74) is 9.45. The van der Waals surface area contributed by atoms with Crippen molar-refractivity contribution < 1.29 is 18.9 Å². The Morgan fingerprint density at radius 1 is 0.805 bits per heavy atom. The minimum atomic E-state index is -0.695. The SMILES string of the molecule is Nc1cc2ncn([C@@H]3O[C@H](COCc4ccccc4)[C@@H](OCc4ccccc4)[C@@H]3OCc3ccccc3)c2c(=O)[nH]1. The topological polar surface area (TPSA) is 114 Å². The number of H-pyrrole nitrogens is 1. The first-order valence-electron chi connectivity index (χ1n) is 13.6. The van der Waals surface area contributed by atoms with Crippen LogP contribution in [-0.4, -0.2) is 39.5 Å². The number of nitrogens with zero attached hydrogens (tertiary/aromatic N) is 2. The van der Waals surface area contributed by atoms with Gasteiger partial charge in [-0.1, -0.05) is 91.0 Å². The zero-order chi connectivity index (χ0) is 28.0. The van der Waals surface area contributed by atoms with E-state index in [9.17, 15) is 4.79 Å². The molecule has 9 nitrogen and oxygen atoms in total. The van der Waals surface area contributed by atoms with Gasteiger partial charge in [-0.3, -0.25) is 9.36 Å². The number of aromatic amines is 1. The fourth-order valence-electron chi connectivity index (χ4n) is 5.13. The van der Waals surface area contributed by atoms with Crippen LogP contribution >= 0.6 is 0 Å². The number of hydrogen-bond acceptors (Lipinski definition) is 7. The highest BCUT2D eigenvalue weighted by atomic mass is 16.6. The van der Waals surface area contributed by atoms with Crippen molar-refractivity contribution in [1.82, 2.24) is 14.5 Å². The number of anilines is 1. The lowest BCUT2D eigenvalue weighted by atomic mass is 10.1. The van der Waals surface area contributed by atoms with Crippen LogP contribution in [0.4, 0.5) is 5.82 Å². The third-order valence-electron chi connectivity index (χ3n) is 7.11. The summed E-state index contributed by atoms with van der Waals surface area (Å²) in [4.78, 5) is 20.1. The number of pyridine rings is 1. The van der Waals surface area contributed by atoms with Crippen molar-refractivity contribution in [3.05, 3.63) is 130 Å². The van der Waals surface area contributed by atoms with Crippen LogP contribution in [0.3, 0.4) is 0 Å². The van der Waals surface area contributed by atoms with Gasteiger partial charge in [-0.05, 0) is 16.7 Å². The first kappa shape index (κ1) is 26.9. The summed E-state index contributed by atoms with van der Waals surface area (Å²) in [5, 5.41) is 0. The molecule has 5 aromatic rings. The maximum absolute atomic E-state index is 13.0. The fourth-order valence-corrected chi connectivity index (χ4v) is 5.13. The summed E-state index contributed by atoms with van der Waals surface area (Å²) in [6, 6.07) is 31.5. The summed E-state index contributed by atoms with van der Waals surface area (Å²) in [6.07, 6.45) is -0.647. The number of fused-ring (bicyclic) bond motifs is 1. The molecule has 3 aromatic carbocycles. The highest BCUT2D eigenvalue weighted by molar-refractivity contribution is 5.76. The molecule has 2 aromatic heterocycles. The lowest BCUT2D eigenvalue weighted by Gasteiger charge is -2.25. The van der Waals surface area contributed by atoms with E-state index in [1.807, 2.05) is 91.0 Å². The molecule has 0 bridgehead atoms. The molecule has 1 saturated heterocycles. The average Bonchev–Trinajstić information content (AvgIpc) is 3.57. The molecular weight excluding hydrogens is 520 g/mol. The first-order valence-corrected chi connectivity index (χ1v) is 13.6. The summed E-state index contributed by atoms with van der Waals surface area (Å²) in [7, 11) is 0. The van der Waals surface area contributed by atoms with Crippen LogP contribution in [0.25, 0.3) is 11.0 Å². The van der Waals surface area contributed by atoms with E-state index in [1.54, 1.807) is 17.0 Å². The molecule has 210 valence electrons. The van der Waals surface area contributed by atoms with E-state index in [4.69, 9.17) is 24.7 Å². The van der Waals surface area contributed by atoms with E-state index >= 15 is 0 Å². The van der Waals surface area contributed by atoms with Crippen LogP contribution in [0, 0.1) is 0 Å². The lowest BCUT2D eigenvalue weighted by molar-refractivity contribution is -0.0913. The minimum Gasteiger partial charge on any atom is -0.385 e. The molecule has 6 rings (SSSR count).